The summed E-state index contributed by atoms with van der Waals surface area (Å²) >= 11 is 0. The molecule has 4 aliphatic rings. The van der Waals surface area contributed by atoms with E-state index in [1.54, 1.807) is 33.8 Å². The monoisotopic (exact) mass is 504 g/mol. The minimum Gasteiger partial charge on any atom is -0.550 e. The predicted octanol–water partition coefficient (Wildman–Crippen LogP) is -0.492. The third-order valence-corrected chi connectivity index (χ3v) is 10.3. The molecule has 2 saturated carbocycles. The number of carbonyl (C=O) groups is 3. The Balaban J connectivity index is 1.70. The van der Waals surface area contributed by atoms with Crippen LogP contribution in [0.15, 0.2) is 23.0 Å². The van der Waals surface area contributed by atoms with Gasteiger partial charge in [-0.3, -0.25) is 4.79 Å². The highest BCUT2D eigenvalue weighted by atomic mass is 16.6. The van der Waals surface area contributed by atoms with Crippen molar-refractivity contribution in [2.45, 2.75) is 82.9 Å². The zero-order valence-corrected chi connectivity index (χ0v) is 20.8. The molecule has 10 heteroatoms. The van der Waals surface area contributed by atoms with E-state index in [9.17, 15) is 34.8 Å². The second-order valence-electron chi connectivity index (χ2n) is 12.0. The van der Waals surface area contributed by atoms with Crippen LogP contribution in [-0.2, 0) is 23.9 Å². The van der Waals surface area contributed by atoms with Gasteiger partial charge >= 0.3 is 0 Å². The van der Waals surface area contributed by atoms with Crippen LogP contribution in [-0.4, -0.2) is 58.0 Å². The van der Waals surface area contributed by atoms with E-state index >= 15 is 0 Å². The fraction of sp³-hybridized carbons (Fsp3) is 0.731. The van der Waals surface area contributed by atoms with Gasteiger partial charge in [-0.25, -0.2) is 0 Å². The average Bonchev–Trinajstić information content (AvgIpc) is 3.27. The molecule has 0 amide bonds. The molecule has 4 fully saturated rings. The molecule has 198 valence electrons. The Labute approximate surface area is 208 Å². The van der Waals surface area contributed by atoms with Crippen LogP contribution in [0.2, 0.25) is 0 Å². The quantitative estimate of drug-likeness (QED) is 0.481. The van der Waals surface area contributed by atoms with Crippen LogP contribution in [0.25, 0.3) is 0 Å². The number of hydrogen-bond donors (Lipinski definition) is 2. The van der Waals surface area contributed by atoms with Gasteiger partial charge in [0.05, 0.1) is 48.3 Å². The van der Waals surface area contributed by atoms with Gasteiger partial charge in [-0.2, -0.15) is 0 Å². The molecule has 2 aliphatic heterocycles. The average molecular weight is 505 g/mol. The van der Waals surface area contributed by atoms with Crippen LogP contribution in [0, 0.1) is 28.1 Å². The summed E-state index contributed by atoms with van der Waals surface area (Å²) in [5.41, 5.74) is -6.02. The molecule has 2 saturated heterocycles. The molecule has 1 spiro atoms. The molecule has 1 aromatic heterocycles. The van der Waals surface area contributed by atoms with Crippen LogP contribution in [0.3, 0.4) is 0 Å². The Morgan fingerprint density at radius 2 is 1.86 bits per heavy atom. The third-order valence-electron chi connectivity index (χ3n) is 10.3. The molecule has 3 heterocycles. The molecule has 0 radical (unpaired) electrons. The van der Waals surface area contributed by atoms with Gasteiger partial charge in [0.15, 0.2) is 0 Å². The van der Waals surface area contributed by atoms with Crippen molar-refractivity contribution in [1.82, 2.24) is 0 Å². The van der Waals surface area contributed by atoms with E-state index in [4.69, 9.17) is 13.9 Å². The minimum absolute atomic E-state index is 0.0626. The topological polar surface area (TPSA) is 173 Å². The number of carboxylic acid groups (broad SMARTS) is 2. The molecule has 0 bridgehead atoms. The SMILES string of the molecule is CC1(C)O[C@@H](CC(=O)[O-])[C@]2(CO)C3CC[C@@](C)([C@@H](O)c4ccoc4)[C@@]4(O[C@@H]4C(=O)[O-])[C@]3(C)C(=O)C[C@@H]12. The second-order valence-corrected chi connectivity index (χ2v) is 12.0. The van der Waals surface area contributed by atoms with E-state index in [1.807, 2.05) is 0 Å². The number of carboxylic acids is 2. The summed E-state index contributed by atoms with van der Waals surface area (Å²) in [6.45, 7) is 6.43. The van der Waals surface area contributed by atoms with Crippen molar-refractivity contribution in [3.63, 3.8) is 0 Å². The highest BCUT2D eigenvalue weighted by molar-refractivity contribution is 5.92. The number of aliphatic carboxylic acids is 2. The van der Waals surface area contributed by atoms with Gasteiger partial charge in [0.2, 0.25) is 0 Å². The van der Waals surface area contributed by atoms with Crippen LogP contribution < -0.4 is 10.2 Å². The number of ether oxygens (including phenoxy) is 2. The van der Waals surface area contributed by atoms with Crippen LogP contribution in [0.1, 0.15) is 65.0 Å². The van der Waals surface area contributed by atoms with Crippen molar-refractivity contribution in [3.05, 3.63) is 24.2 Å². The maximum Gasteiger partial charge on any atom is 0.142 e. The molecule has 2 N–H and O–H groups in total. The molecule has 10 nitrogen and oxygen atoms in total. The number of carbonyl (C=O) groups excluding carboxylic acids is 3. The van der Waals surface area contributed by atoms with E-state index in [1.165, 1.54) is 12.5 Å². The number of aliphatic hydroxyl groups excluding tert-OH is 2. The summed E-state index contributed by atoms with van der Waals surface area (Å²) in [4.78, 5) is 38.1. The zero-order valence-electron chi connectivity index (χ0n) is 20.8. The maximum absolute atomic E-state index is 14.1. The molecule has 1 aromatic rings. The number of ketones is 1. The van der Waals surface area contributed by atoms with Crippen LogP contribution in [0.4, 0.5) is 0 Å². The second kappa shape index (κ2) is 7.63. The van der Waals surface area contributed by atoms with E-state index in [0.717, 1.165) is 0 Å². The summed E-state index contributed by atoms with van der Waals surface area (Å²) in [6, 6.07) is 1.58. The van der Waals surface area contributed by atoms with Crippen molar-refractivity contribution in [3.8, 4) is 0 Å². The van der Waals surface area contributed by atoms with E-state index in [0.29, 0.717) is 12.0 Å². The van der Waals surface area contributed by atoms with Gasteiger partial charge in [-0.05, 0) is 45.6 Å². The van der Waals surface area contributed by atoms with Gasteiger partial charge in [0.1, 0.15) is 17.5 Å². The van der Waals surface area contributed by atoms with Crippen LogP contribution >= 0.6 is 0 Å². The lowest BCUT2D eigenvalue weighted by atomic mass is 9.37. The van der Waals surface area contributed by atoms with Crippen molar-refractivity contribution >= 4 is 17.7 Å². The predicted molar refractivity (Wildman–Crippen MR) is 116 cm³/mol. The molecular formula is C26H32O10-2. The number of rotatable bonds is 6. The Morgan fingerprint density at radius 3 is 2.39 bits per heavy atom. The number of furan rings is 1. The van der Waals surface area contributed by atoms with Gasteiger partial charge in [0.25, 0.3) is 0 Å². The fourth-order valence-corrected chi connectivity index (χ4v) is 8.75. The largest absolute Gasteiger partial charge is 0.550 e. The number of aliphatic hydroxyl groups is 2. The molecule has 5 rings (SSSR count). The van der Waals surface area contributed by atoms with Crippen molar-refractivity contribution < 1.29 is 48.7 Å². The Bertz CT molecular complexity index is 1100. The summed E-state index contributed by atoms with van der Waals surface area (Å²) in [5, 5.41) is 46.4. The molecule has 0 aromatic carbocycles. The lowest BCUT2D eigenvalue weighted by molar-refractivity contribution is -0.309. The van der Waals surface area contributed by atoms with Gasteiger partial charge in [0, 0.05) is 41.1 Å². The molecule has 1 unspecified atom stereocenters. The number of Topliss-reactive ketones (excluding diaryl/α,β-unsaturated/α-hetero) is 1. The molecule has 2 aliphatic carbocycles. The molecule has 36 heavy (non-hydrogen) atoms. The Morgan fingerprint density at radius 1 is 1.17 bits per heavy atom. The minimum atomic E-state index is -1.65. The first-order valence-corrected chi connectivity index (χ1v) is 12.3. The molecular weight excluding hydrogens is 472 g/mol. The Kier molecular flexibility index (Phi) is 5.38. The number of hydrogen-bond acceptors (Lipinski definition) is 10. The van der Waals surface area contributed by atoms with Gasteiger partial charge < -0.3 is 43.9 Å². The lowest BCUT2D eigenvalue weighted by Gasteiger charge is -2.64. The first-order valence-electron chi connectivity index (χ1n) is 12.3. The van der Waals surface area contributed by atoms with Crippen molar-refractivity contribution in [1.29, 1.82) is 0 Å². The van der Waals surface area contributed by atoms with E-state index in [2.05, 4.69) is 0 Å². The van der Waals surface area contributed by atoms with E-state index < -0.39 is 82.6 Å². The highest BCUT2D eigenvalue weighted by Gasteiger charge is 2.86. The first kappa shape index (κ1) is 25.4. The zero-order chi connectivity index (χ0) is 26.5. The van der Waals surface area contributed by atoms with Gasteiger partial charge in [-0.1, -0.05) is 6.92 Å². The van der Waals surface area contributed by atoms with Crippen molar-refractivity contribution in [2.24, 2.45) is 28.1 Å². The lowest BCUT2D eigenvalue weighted by Crippen LogP contribution is -2.71. The van der Waals surface area contributed by atoms with E-state index in [-0.39, 0.29) is 18.6 Å². The third kappa shape index (κ3) is 2.78. The summed E-state index contributed by atoms with van der Waals surface area (Å²) in [5.74, 6) is -4.29. The standard InChI is InChI=1S/C26H34O10/c1-22(2)15-9-16(28)24(4)14(25(15,12-27)17(35-22)10-18(29)30)5-7-23(3,19(31)13-6-8-34-11-13)26(24)20(36-26)21(32)33/h6,8,11,14-15,17,19-20,27,31H,5,7,9-10,12H2,1-4H3,(H,29,30)(H,32,33)/p-2/t14?,15-,17-,19-,20+,23-,24-,25+,26+/m0/s1. The highest BCUT2D eigenvalue weighted by Crippen LogP contribution is 2.77. The summed E-state index contributed by atoms with van der Waals surface area (Å²) in [6.07, 6.45) is -0.877. The smallest absolute Gasteiger partial charge is 0.142 e. The molecule has 9 atom stereocenters. The summed E-state index contributed by atoms with van der Waals surface area (Å²) in [7, 11) is 0. The fourth-order valence-electron chi connectivity index (χ4n) is 8.75. The maximum atomic E-state index is 14.1. The van der Waals surface area contributed by atoms with Gasteiger partial charge in [-0.15, -0.1) is 0 Å². The number of epoxide rings is 1. The normalized spacial score (nSPS) is 45.7. The summed E-state index contributed by atoms with van der Waals surface area (Å²) < 4.78 is 17.3. The first-order chi connectivity index (χ1) is 16.7. The Hall–Kier alpha value is -2.27. The van der Waals surface area contributed by atoms with Crippen molar-refractivity contribution in [2.75, 3.05) is 6.61 Å². The van der Waals surface area contributed by atoms with Crippen LogP contribution in [0.5, 0.6) is 0 Å². The number of fused-ring (bicyclic) bond motifs is 4.